The predicted molar refractivity (Wildman–Crippen MR) is 80.3 cm³/mol. The molecule has 6 heteroatoms. The van der Waals surface area contributed by atoms with Crippen LogP contribution in [0, 0.1) is 12.7 Å². The Hall–Kier alpha value is -2.40. The second-order valence-electron chi connectivity index (χ2n) is 4.62. The van der Waals surface area contributed by atoms with Crippen molar-refractivity contribution in [1.82, 2.24) is 4.98 Å². The van der Waals surface area contributed by atoms with Gasteiger partial charge in [-0.2, -0.15) is 5.11 Å². The van der Waals surface area contributed by atoms with Gasteiger partial charge in [0, 0.05) is 10.4 Å². The van der Waals surface area contributed by atoms with Gasteiger partial charge in [-0.3, -0.25) is 0 Å². The summed E-state index contributed by atoms with van der Waals surface area (Å²) in [7, 11) is 0. The van der Waals surface area contributed by atoms with Gasteiger partial charge in [-0.25, -0.2) is 4.39 Å². The smallest absolute Gasteiger partial charge is 0.218 e. The zero-order valence-corrected chi connectivity index (χ0v) is 11.8. The number of hydrogen-bond acceptors (Lipinski definition) is 3. The van der Waals surface area contributed by atoms with Crippen LogP contribution in [0.25, 0.3) is 10.9 Å². The van der Waals surface area contributed by atoms with E-state index in [1.807, 2.05) is 13.0 Å². The van der Waals surface area contributed by atoms with E-state index in [2.05, 4.69) is 15.2 Å². The first-order valence-corrected chi connectivity index (χ1v) is 6.61. The number of hydrogen-bond donors (Lipinski definition) is 2. The van der Waals surface area contributed by atoms with Crippen LogP contribution in [0.15, 0.2) is 46.6 Å². The average Bonchev–Trinajstić information content (AvgIpc) is 2.77. The van der Waals surface area contributed by atoms with E-state index in [9.17, 15) is 9.50 Å². The van der Waals surface area contributed by atoms with E-state index in [4.69, 9.17) is 11.6 Å². The Morgan fingerprint density at radius 2 is 2.00 bits per heavy atom. The van der Waals surface area contributed by atoms with Gasteiger partial charge in [0.25, 0.3) is 0 Å². The van der Waals surface area contributed by atoms with Gasteiger partial charge in [0.1, 0.15) is 5.82 Å². The molecule has 0 unspecified atom stereocenters. The predicted octanol–water partition coefficient (Wildman–Crippen LogP) is 5.39. The third-order valence-corrected chi connectivity index (χ3v) is 3.40. The lowest BCUT2D eigenvalue weighted by Crippen LogP contribution is -1.75. The third-order valence-electron chi connectivity index (χ3n) is 3.17. The summed E-state index contributed by atoms with van der Waals surface area (Å²) in [6.07, 6.45) is 0. The molecule has 0 radical (unpaired) electrons. The van der Waals surface area contributed by atoms with Crippen LogP contribution >= 0.6 is 11.6 Å². The molecule has 0 aliphatic heterocycles. The fourth-order valence-corrected chi connectivity index (χ4v) is 2.22. The molecule has 0 aliphatic rings. The molecule has 0 fully saturated rings. The topological polar surface area (TPSA) is 60.7 Å². The first-order valence-electron chi connectivity index (χ1n) is 6.23. The molecule has 2 N–H and O–H groups in total. The van der Waals surface area contributed by atoms with E-state index in [1.165, 1.54) is 6.07 Å². The molecule has 0 aliphatic carbocycles. The van der Waals surface area contributed by atoms with Crippen LogP contribution in [-0.4, -0.2) is 10.1 Å². The van der Waals surface area contributed by atoms with Crippen molar-refractivity contribution in [2.45, 2.75) is 6.92 Å². The van der Waals surface area contributed by atoms with Crippen LogP contribution < -0.4 is 0 Å². The van der Waals surface area contributed by atoms with Crippen molar-refractivity contribution in [3.8, 4) is 5.88 Å². The number of H-pyrrole nitrogens is 1. The van der Waals surface area contributed by atoms with Gasteiger partial charge in [0.2, 0.25) is 5.88 Å². The van der Waals surface area contributed by atoms with Crippen molar-refractivity contribution in [2.24, 2.45) is 10.2 Å². The van der Waals surface area contributed by atoms with E-state index in [-0.39, 0.29) is 17.1 Å². The molecular weight excluding hydrogens is 293 g/mol. The Morgan fingerprint density at radius 1 is 1.19 bits per heavy atom. The number of aromatic hydroxyl groups is 1. The number of aryl methyl sites for hydroxylation is 1. The summed E-state index contributed by atoms with van der Waals surface area (Å²) in [5, 5.41) is 19.0. The van der Waals surface area contributed by atoms with Crippen molar-refractivity contribution in [3.05, 3.63) is 52.8 Å². The van der Waals surface area contributed by atoms with Crippen molar-refractivity contribution < 1.29 is 9.50 Å². The van der Waals surface area contributed by atoms with Crippen LogP contribution in [0.4, 0.5) is 15.8 Å². The van der Waals surface area contributed by atoms with E-state index < -0.39 is 5.82 Å². The third kappa shape index (κ3) is 2.48. The first kappa shape index (κ1) is 13.6. The van der Waals surface area contributed by atoms with E-state index >= 15 is 0 Å². The van der Waals surface area contributed by atoms with Crippen molar-refractivity contribution >= 4 is 33.9 Å². The fourth-order valence-electron chi connectivity index (χ4n) is 2.05. The molecule has 0 saturated carbocycles. The molecule has 3 aromatic rings. The lowest BCUT2D eigenvalue weighted by atomic mass is 10.2. The number of aromatic nitrogens is 1. The van der Waals surface area contributed by atoms with Crippen LogP contribution in [0.5, 0.6) is 5.88 Å². The maximum Gasteiger partial charge on any atom is 0.218 e. The average molecular weight is 304 g/mol. The molecule has 3 rings (SSSR count). The molecule has 1 heterocycles. The Kier molecular flexibility index (Phi) is 3.35. The van der Waals surface area contributed by atoms with Crippen LogP contribution in [0.2, 0.25) is 5.02 Å². The SMILES string of the molecule is Cc1ccc(Cl)cc1N=Nc1c(O)[nH]c2c(F)cccc12. The van der Waals surface area contributed by atoms with Gasteiger partial charge in [0.15, 0.2) is 5.69 Å². The van der Waals surface area contributed by atoms with E-state index in [0.717, 1.165) is 5.56 Å². The summed E-state index contributed by atoms with van der Waals surface area (Å²) >= 11 is 5.92. The Balaban J connectivity index is 2.09. The summed E-state index contributed by atoms with van der Waals surface area (Å²) in [5.74, 6) is -0.679. The number of nitrogens with zero attached hydrogens (tertiary/aromatic N) is 2. The number of rotatable bonds is 2. The Morgan fingerprint density at radius 3 is 2.81 bits per heavy atom. The van der Waals surface area contributed by atoms with Gasteiger partial charge in [0.05, 0.1) is 11.2 Å². The Bertz CT molecular complexity index is 857. The monoisotopic (exact) mass is 303 g/mol. The van der Waals surface area contributed by atoms with Gasteiger partial charge < -0.3 is 10.1 Å². The second kappa shape index (κ2) is 5.18. The van der Waals surface area contributed by atoms with Crippen molar-refractivity contribution in [2.75, 3.05) is 0 Å². The highest BCUT2D eigenvalue weighted by molar-refractivity contribution is 6.30. The standard InChI is InChI=1S/C15H11ClFN3O/c1-8-5-6-9(16)7-12(8)19-20-14-10-3-2-4-11(17)13(10)18-15(14)21/h2-7,18,21H,1H3. The summed E-state index contributed by atoms with van der Waals surface area (Å²) in [6.45, 7) is 1.87. The number of benzene rings is 2. The minimum absolute atomic E-state index is 0.198. The van der Waals surface area contributed by atoms with Crippen molar-refractivity contribution in [3.63, 3.8) is 0 Å². The molecule has 0 saturated heterocycles. The summed E-state index contributed by atoms with van der Waals surface area (Å²) in [4.78, 5) is 2.56. The summed E-state index contributed by atoms with van der Waals surface area (Å²) in [6, 6.07) is 9.77. The van der Waals surface area contributed by atoms with Gasteiger partial charge in [-0.05, 0) is 30.7 Å². The minimum Gasteiger partial charge on any atom is -0.493 e. The normalized spacial score (nSPS) is 11.6. The zero-order valence-electron chi connectivity index (χ0n) is 11.1. The highest BCUT2D eigenvalue weighted by atomic mass is 35.5. The minimum atomic E-state index is -0.455. The van der Waals surface area contributed by atoms with Crippen LogP contribution in [0.1, 0.15) is 5.56 Å². The van der Waals surface area contributed by atoms with Crippen molar-refractivity contribution in [1.29, 1.82) is 0 Å². The lowest BCUT2D eigenvalue weighted by Gasteiger charge is -1.99. The first-order chi connectivity index (χ1) is 10.1. The molecule has 0 bridgehead atoms. The van der Waals surface area contributed by atoms with E-state index in [0.29, 0.717) is 16.1 Å². The summed E-state index contributed by atoms with van der Waals surface area (Å²) in [5.41, 5.74) is 1.89. The Labute approximate surface area is 124 Å². The highest BCUT2D eigenvalue weighted by Crippen LogP contribution is 2.37. The lowest BCUT2D eigenvalue weighted by molar-refractivity contribution is 0.459. The molecule has 2 aromatic carbocycles. The van der Waals surface area contributed by atoms with Crippen LogP contribution in [-0.2, 0) is 0 Å². The fraction of sp³-hybridized carbons (Fsp3) is 0.0667. The van der Waals surface area contributed by atoms with Gasteiger partial charge in [-0.1, -0.05) is 29.8 Å². The molecule has 0 amide bonds. The zero-order chi connectivity index (χ0) is 15.0. The maximum absolute atomic E-state index is 13.6. The number of azo groups is 1. The highest BCUT2D eigenvalue weighted by Gasteiger charge is 2.13. The maximum atomic E-state index is 13.6. The quantitative estimate of drug-likeness (QED) is 0.613. The number of fused-ring (bicyclic) bond motifs is 1. The number of halogens is 2. The second-order valence-corrected chi connectivity index (χ2v) is 5.05. The number of nitrogens with one attached hydrogen (secondary N) is 1. The van der Waals surface area contributed by atoms with Crippen LogP contribution in [0.3, 0.4) is 0 Å². The molecule has 21 heavy (non-hydrogen) atoms. The molecule has 106 valence electrons. The summed E-state index contributed by atoms with van der Waals surface area (Å²) < 4.78 is 13.6. The number of para-hydroxylation sites is 1. The molecule has 0 atom stereocenters. The van der Waals surface area contributed by atoms with Gasteiger partial charge in [-0.15, -0.1) is 5.11 Å². The van der Waals surface area contributed by atoms with Gasteiger partial charge >= 0.3 is 0 Å². The molecule has 1 aromatic heterocycles. The molecule has 4 nitrogen and oxygen atoms in total. The largest absolute Gasteiger partial charge is 0.493 e. The van der Waals surface area contributed by atoms with E-state index in [1.54, 1.807) is 24.3 Å². The molecule has 0 spiro atoms. The molecular formula is C15H11ClFN3O. The number of aromatic amines is 1.